The van der Waals surface area contributed by atoms with E-state index in [1.54, 1.807) is 0 Å². The van der Waals surface area contributed by atoms with E-state index in [1.807, 2.05) is 0 Å². The quantitative estimate of drug-likeness (QED) is 0.671. The first-order valence-electron chi connectivity index (χ1n) is 5.13. The maximum Gasteiger partial charge on any atom is 0.328 e. The molecule has 1 unspecified atom stereocenters. The number of aromatic amines is 1. The van der Waals surface area contributed by atoms with E-state index in [-0.39, 0.29) is 23.2 Å². The molecule has 1 aromatic carbocycles. The fraction of sp³-hybridized carbons (Fsp3) is 0.273. The molecule has 0 saturated carbocycles. The molecule has 2 aromatic rings. The number of nitrogens with one attached hydrogen (secondary N) is 1. The molecule has 2 rings (SSSR count). The third kappa shape index (κ3) is 1.94. The van der Waals surface area contributed by atoms with Gasteiger partial charge in [-0.2, -0.15) is 0 Å². The van der Waals surface area contributed by atoms with Crippen LogP contribution in [0.2, 0.25) is 0 Å². The number of aromatic nitrogens is 2. The molecule has 3 N–H and O–H groups in total. The topological polar surface area (TPSA) is 95.3 Å². The van der Waals surface area contributed by atoms with Crippen LogP contribution in [0, 0.1) is 0 Å². The van der Waals surface area contributed by atoms with Crippen molar-refractivity contribution < 1.29 is 10.2 Å². The van der Waals surface area contributed by atoms with Gasteiger partial charge in [-0.3, -0.25) is 9.36 Å². The summed E-state index contributed by atoms with van der Waals surface area (Å²) in [5, 5.41) is 18.9. The monoisotopic (exact) mass is 236 g/mol. The number of rotatable bonds is 2. The van der Waals surface area contributed by atoms with Crippen molar-refractivity contribution in [1.82, 2.24) is 9.55 Å². The van der Waals surface area contributed by atoms with Crippen molar-refractivity contribution in [3.63, 3.8) is 0 Å². The number of phenolic OH excluding ortho intramolecular Hbond substituents is 1. The molecule has 0 fully saturated rings. The van der Waals surface area contributed by atoms with Crippen molar-refractivity contribution >= 4 is 10.9 Å². The number of benzene rings is 1. The highest BCUT2D eigenvalue weighted by atomic mass is 16.3. The molecule has 0 spiro atoms. The van der Waals surface area contributed by atoms with Gasteiger partial charge < -0.3 is 15.2 Å². The van der Waals surface area contributed by atoms with Gasteiger partial charge in [0.1, 0.15) is 11.1 Å². The Labute approximate surface area is 95.8 Å². The summed E-state index contributed by atoms with van der Waals surface area (Å²) < 4.78 is 0.868. The number of aliphatic hydroxyl groups excluding tert-OH is 1. The molecule has 0 aliphatic rings. The van der Waals surface area contributed by atoms with E-state index in [9.17, 15) is 19.8 Å². The molecule has 0 amide bonds. The fourth-order valence-electron chi connectivity index (χ4n) is 1.71. The molecule has 1 heterocycles. The molecule has 0 aliphatic carbocycles. The van der Waals surface area contributed by atoms with Crippen LogP contribution in [0.1, 0.15) is 6.92 Å². The third-order valence-corrected chi connectivity index (χ3v) is 2.44. The summed E-state index contributed by atoms with van der Waals surface area (Å²) in [6.45, 7) is 1.36. The van der Waals surface area contributed by atoms with Crippen molar-refractivity contribution in [2.45, 2.75) is 19.6 Å². The van der Waals surface area contributed by atoms with Crippen LogP contribution in [0.4, 0.5) is 0 Å². The lowest BCUT2D eigenvalue weighted by atomic mass is 10.2. The second-order valence-electron chi connectivity index (χ2n) is 3.89. The lowest BCUT2D eigenvalue weighted by Crippen LogP contribution is -2.37. The number of aliphatic hydroxyl groups is 1. The number of fused-ring (bicyclic) bond motifs is 1. The lowest BCUT2D eigenvalue weighted by molar-refractivity contribution is 0.170. The molecule has 0 saturated heterocycles. The highest BCUT2D eigenvalue weighted by Crippen LogP contribution is 2.17. The summed E-state index contributed by atoms with van der Waals surface area (Å²) in [6.07, 6.45) is -0.822. The molecule has 90 valence electrons. The summed E-state index contributed by atoms with van der Waals surface area (Å²) in [6, 6.07) is 4.44. The number of H-pyrrole nitrogens is 1. The molecular formula is C11H12N2O4. The average Bonchev–Trinajstić information content (AvgIpc) is 2.23. The van der Waals surface area contributed by atoms with E-state index < -0.39 is 17.4 Å². The third-order valence-electron chi connectivity index (χ3n) is 2.44. The smallest absolute Gasteiger partial charge is 0.328 e. The van der Waals surface area contributed by atoms with Crippen LogP contribution in [-0.4, -0.2) is 25.9 Å². The van der Waals surface area contributed by atoms with Gasteiger partial charge in [-0.1, -0.05) is 6.07 Å². The van der Waals surface area contributed by atoms with Crippen molar-refractivity contribution in [2.24, 2.45) is 0 Å². The predicted octanol–water partition coefficient (Wildman–Crippen LogP) is -0.224. The van der Waals surface area contributed by atoms with Crippen LogP contribution < -0.4 is 11.2 Å². The molecule has 6 heteroatoms. The van der Waals surface area contributed by atoms with Gasteiger partial charge in [0.05, 0.1) is 18.2 Å². The molecule has 1 atom stereocenters. The maximum absolute atomic E-state index is 12.0. The number of phenols is 1. The van der Waals surface area contributed by atoms with Crippen LogP contribution in [0.15, 0.2) is 27.8 Å². The SMILES string of the molecule is CC(O)Cn1c(=O)[nH]c2cccc(O)c2c1=O. The summed E-state index contributed by atoms with van der Waals surface area (Å²) in [7, 11) is 0. The molecule has 17 heavy (non-hydrogen) atoms. The van der Waals surface area contributed by atoms with Crippen LogP contribution in [0.3, 0.4) is 0 Å². The number of hydrogen-bond donors (Lipinski definition) is 3. The van der Waals surface area contributed by atoms with Crippen LogP contribution in [0.25, 0.3) is 10.9 Å². The first kappa shape index (κ1) is 11.4. The average molecular weight is 236 g/mol. The minimum atomic E-state index is -0.822. The van der Waals surface area contributed by atoms with Gasteiger partial charge in [-0.25, -0.2) is 4.79 Å². The zero-order chi connectivity index (χ0) is 12.6. The van der Waals surface area contributed by atoms with Gasteiger partial charge in [-0.05, 0) is 19.1 Å². The lowest BCUT2D eigenvalue weighted by Gasteiger charge is -2.08. The van der Waals surface area contributed by atoms with Crippen molar-refractivity contribution in [3.05, 3.63) is 39.0 Å². The Morgan fingerprint density at radius 1 is 1.41 bits per heavy atom. The van der Waals surface area contributed by atoms with Gasteiger partial charge in [0.15, 0.2) is 0 Å². The normalized spacial score (nSPS) is 12.8. The molecule has 0 bridgehead atoms. The van der Waals surface area contributed by atoms with Gasteiger partial charge in [-0.15, -0.1) is 0 Å². The van der Waals surface area contributed by atoms with Crippen LogP contribution in [0.5, 0.6) is 5.75 Å². The van der Waals surface area contributed by atoms with Crippen molar-refractivity contribution in [1.29, 1.82) is 0 Å². The van der Waals surface area contributed by atoms with E-state index >= 15 is 0 Å². The Hall–Kier alpha value is -2.08. The molecule has 0 aliphatic heterocycles. The highest BCUT2D eigenvalue weighted by Gasteiger charge is 2.11. The van der Waals surface area contributed by atoms with E-state index in [0.717, 1.165) is 4.57 Å². The molecule has 1 aromatic heterocycles. The second kappa shape index (κ2) is 4.06. The van der Waals surface area contributed by atoms with Gasteiger partial charge in [0.2, 0.25) is 0 Å². The zero-order valence-corrected chi connectivity index (χ0v) is 9.17. The number of aromatic hydroxyl groups is 1. The Balaban J connectivity index is 2.84. The molecule has 6 nitrogen and oxygen atoms in total. The van der Waals surface area contributed by atoms with E-state index in [0.29, 0.717) is 0 Å². The minimum Gasteiger partial charge on any atom is -0.507 e. The molecule has 0 radical (unpaired) electrons. The summed E-state index contributed by atoms with van der Waals surface area (Å²) >= 11 is 0. The second-order valence-corrected chi connectivity index (χ2v) is 3.89. The van der Waals surface area contributed by atoms with Crippen molar-refractivity contribution in [2.75, 3.05) is 0 Å². The molecular weight excluding hydrogens is 224 g/mol. The Morgan fingerprint density at radius 2 is 2.12 bits per heavy atom. The highest BCUT2D eigenvalue weighted by molar-refractivity contribution is 5.83. The van der Waals surface area contributed by atoms with Crippen LogP contribution >= 0.6 is 0 Å². The standard InChI is InChI=1S/C11H12N2O4/c1-6(14)5-13-10(16)9-7(12-11(13)17)3-2-4-8(9)15/h2-4,6,14-15H,5H2,1H3,(H,12,17). The fourth-order valence-corrected chi connectivity index (χ4v) is 1.71. The maximum atomic E-state index is 12.0. The predicted molar refractivity (Wildman–Crippen MR) is 62.2 cm³/mol. The van der Waals surface area contributed by atoms with Crippen LogP contribution in [-0.2, 0) is 6.54 Å². The Morgan fingerprint density at radius 3 is 2.76 bits per heavy atom. The summed E-state index contributed by atoms with van der Waals surface area (Å²) in [5.41, 5.74) is -0.932. The Bertz CT molecular complexity index is 669. The minimum absolute atomic E-state index is 0.0488. The first-order chi connectivity index (χ1) is 8.00. The van der Waals surface area contributed by atoms with Gasteiger partial charge in [0.25, 0.3) is 5.56 Å². The van der Waals surface area contributed by atoms with Gasteiger partial charge in [0, 0.05) is 0 Å². The number of hydrogen-bond acceptors (Lipinski definition) is 4. The zero-order valence-electron chi connectivity index (χ0n) is 9.17. The summed E-state index contributed by atoms with van der Waals surface area (Å²) in [5.74, 6) is -0.192. The van der Waals surface area contributed by atoms with E-state index in [2.05, 4.69) is 4.98 Å². The van der Waals surface area contributed by atoms with E-state index in [1.165, 1.54) is 25.1 Å². The largest absolute Gasteiger partial charge is 0.507 e. The summed E-state index contributed by atoms with van der Waals surface area (Å²) in [4.78, 5) is 26.1. The number of nitrogens with zero attached hydrogens (tertiary/aromatic N) is 1. The first-order valence-corrected chi connectivity index (χ1v) is 5.13. The van der Waals surface area contributed by atoms with E-state index in [4.69, 9.17) is 0 Å². The van der Waals surface area contributed by atoms with Crippen molar-refractivity contribution in [3.8, 4) is 5.75 Å². The van der Waals surface area contributed by atoms with Gasteiger partial charge >= 0.3 is 5.69 Å². The Kier molecular flexibility index (Phi) is 2.72.